The van der Waals surface area contributed by atoms with Crippen molar-refractivity contribution in [2.24, 2.45) is 5.10 Å². The first kappa shape index (κ1) is 17.6. The van der Waals surface area contributed by atoms with Crippen LogP contribution in [-0.4, -0.2) is 38.9 Å². The molecule has 0 saturated carbocycles. The number of benzene rings is 2. The summed E-state index contributed by atoms with van der Waals surface area (Å²) in [6.07, 6.45) is 0. The lowest BCUT2D eigenvalue weighted by Gasteiger charge is -2.19. The van der Waals surface area contributed by atoms with Crippen LogP contribution in [-0.2, 0) is 4.79 Å². The summed E-state index contributed by atoms with van der Waals surface area (Å²) < 4.78 is 7.19. The monoisotopic (exact) mass is 399 g/mol. The quantitative estimate of drug-likeness (QED) is 0.716. The Morgan fingerprint density at radius 2 is 1.93 bits per heavy atom. The SMILES string of the molecule is Cl.O=C1COc2ccc(C3=Nn4c(nnc4-c4ccccc4)SC3)cc2N1. The molecule has 1 N–H and O–H groups in total. The molecule has 1 amide bonds. The summed E-state index contributed by atoms with van der Waals surface area (Å²) in [6.45, 7) is 0.0493. The molecule has 2 aromatic carbocycles. The number of anilines is 1. The number of hydrogen-bond acceptors (Lipinski definition) is 6. The molecule has 7 nitrogen and oxygen atoms in total. The summed E-state index contributed by atoms with van der Waals surface area (Å²) in [5, 5.41) is 16.9. The maximum absolute atomic E-state index is 11.6. The van der Waals surface area contributed by atoms with Gasteiger partial charge in [0.15, 0.2) is 12.4 Å². The van der Waals surface area contributed by atoms with E-state index in [0.29, 0.717) is 23.0 Å². The van der Waals surface area contributed by atoms with E-state index < -0.39 is 0 Å². The van der Waals surface area contributed by atoms with Crippen LogP contribution in [0.1, 0.15) is 5.56 Å². The van der Waals surface area contributed by atoms with Gasteiger partial charge >= 0.3 is 0 Å². The third-order valence-corrected chi connectivity index (χ3v) is 5.08. The van der Waals surface area contributed by atoms with E-state index in [1.54, 1.807) is 16.4 Å². The van der Waals surface area contributed by atoms with Crippen LogP contribution in [0.25, 0.3) is 11.4 Å². The second-order valence-electron chi connectivity index (χ2n) is 5.87. The number of hydrogen-bond donors (Lipinski definition) is 1. The van der Waals surface area contributed by atoms with Gasteiger partial charge in [0.25, 0.3) is 5.91 Å². The molecule has 5 rings (SSSR count). The third kappa shape index (κ3) is 3.17. The van der Waals surface area contributed by atoms with Gasteiger partial charge in [0.05, 0.1) is 11.4 Å². The van der Waals surface area contributed by atoms with Crippen molar-refractivity contribution in [2.45, 2.75) is 5.16 Å². The van der Waals surface area contributed by atoms with Crippen LogP contribution in [0, 0.1) is 0 Å². The predicted molar refractivity (Wildman–Crippen MR) is 106 cm³/mol. The molecule has 0 atom stereocenters. The standard InChI is InChI=1S/C18H13N5O2S.ClH/c24-16-9-25-15-7-6-12(8-13(15)19-16)14-10-26-18-21-20-17(23(18)22-14)11-4-2-1-3-5-11;/h1-8H,9-10H2,(H,19,24);1H. The molecule has 9 heteroatoms. The fourth-order valence-electron chi connectivity index (χ4n) is 2.90. The number of thioether (sulfide) groups is 1. The maximum atomic E-state index is 11.6. The summed E-state index contributed by atoms with van der Waals surface area (Å²) in [6, 6.07) is 15.6. The van der Waals surface area contributed by atoms with E-state index in [4.69, 9.17) is 9.84 Å². The van der Waals surface area contributed by atoms with Gasteiger partial charge in [0.1, 0.15) is 5.75 Å². The largest absolute Gasteiger partial charge is 0.482 e. The highest BCUT2D eigenvalue weighted by atomic mass is 35.5. The number of amides is 1. The molecule has 0 saturated heterocycles. The molecule has 0 aliphatic carbocycles. The van der Waals surface area contributed by atoms with Crippen LogP contribution >= 0.6 is 24.2 Å². The Labute approximate surface area is 165 Å². The molecule has 136 valence electrons. The fourth-order valence-corrected chi connectivity index (χ4v) is 3.74. The molecular weight excluding hydrogens is 386 g/mol. The lowest BCUT2D eigenvalue weighted by molar-refractivity contribution is -0.118. The molecule has 0 fully saturated rings. The second kappa shape index (κ2) is 7.05. The molecule has 0 spiro atoms. The molecule has 3 heterocycles. The van der Waals surface area contributed by atoms with E-state index in [-0.39, 0.29) is 24.9 Å². The maximum Gasteiger partial charge on any atom is 0.262 e. The Hall–Kier alpha value is -2.84. The first-order valence-corrected chi connectivity index (χ1v) is 9.05. The number of rotatable bonds is 2. The highest BCUT2D eigenvalue weighted by molar-refractivity contribution is 7.99. The van der Waals surface area contributed by atoms with Gasteiger partial charge in [-0.25, -0.2) is 0 Å². The minimum atomic E-state index is -0.151. The van der Waals surface area contributed by atoms with E-state index in [1.165, 1.54) is 0 Å². The highest BCUT2D eigenvalue weighted by Gasteiger charge is 2.22. The average molecular weight is 400 g/mol. The predicted octanol–water partition coefficient (Wildman–Crippen LogP) is 3.06. The van der Waals surface area contributed by atoms with Gasteiger partial charge in [-0.05, 0) is 18.2 Å². The normalized spacial score (nSPS) is 14.8. The van der Waals surface area contributed by atoms with Crippen LogP contribution < -0.4 is 10.1 Å². The Balaban J connectivity index is 0.00000180. The number of nitrogens with zero attached hydrogens (tertiary/aromatic N) is 4. The van der Waals surface area contributed by atoms with E-state index >= 15 is 0 Å². The smallest absolute Gasteiger partial charge is 0.262 e. The van der Waals surface area contributed by atoms with Crippen molar-refractivity contribution in [2.75, 3.05) is 17.7 Å². The van der Waals surface area contributed by atoms with Crippen molar-refractivity contribution in [1.82, 2.24) is 14.9 Å². The van der Waals surface area contributed by atoms with Crippen LogP contribution in [0.5, 0.6) is 5.75 Å². The summed E-state index contributed by atoms with van der Waals surface area (Å²) in [5.41, 5.74) is 3.45. The number of halogens is 1. The Morgan fingerprint density at radius 1 is 1.07 bits per heavy atom. The van der Waals surface area contributed by atoms with E-state index in [1.807, 2.05) is 48.5 Å². The summed E-state index contributed by atoms with van der Waals surface area (Å²) in [4.78, 5) is 11.6. The lowest BCUT2D eigenvalue weighted by Crippen LogP contribution is -2.25. The minimum Gasteiger partial charge on any atom is -0.482 e. The van der Waals surface area contributed by atoms with Crippen LogP contribution in [0.3, 0.4) is 0 Å². The summed E-state index contributed by atoms with van der Waals surface area (Å²) in [5.74, 6) is 1.91. The van der Waals surface area contributed by atoms with Gasteiger partial charge in [-0.15, -0.1) is 22.6 Å². The van der Waals surface area contributed by atoms with Crippen LogP contribution in [0.4, 0.5) is 5.69 Å². The van der Waals surface area contributed by atoms with E-state index in [2.05, 4.69) is 15.5 Å². The number of carbonyl (C=O) groups is 1. The van der Waals surface area contributed by atoms with E-state index in [9.17, 15) is 4.79 Å². The van der Waals surface area contributed by atoms with Crippen LogP contribution in [0.15, 0.2) is 58.8 Å². The zero-order valence-corrected chi connectivity index (χ0v) is 15.6. The highest BCUT2D eigenvalue weighted by Crippen LogP contribution is 2.32. The number of nitrogens with one attached hydrogen (secondary N) is 1. The van der Waals surface area contributed by atoms with Gasteiger partial charge in [-0.3, -0.25) is 4.79 Å². The molecule has 27 heavy (non-hydrogen) atoms. The molecule has 0 unspecified atom stereocenters. The number of aromatic nitrogens is 3. The van der Waals surface area contributed by atoms with E-state index in [0.717, 1.165) is 22.0 Å². The molecular formula is C18H14ClN5O2S. The van der Waals surface area contributed by atoms with Gasteiger partial charge in [0.2, 0.25) is 5.16 Å². The number of carbonyl (C=O) groups excluding carboxylic acids is 1. The Kier molecular flexibility index (Phi) is 4.59. The molecule has 3 aromatic rings. The van der Waals surface area contributed by atoms with Crippen LogP contribution in [0.2, 0.25) is 0 Å². The van der Waals surface area contributed by atoms with Crippen molar-refractivity contribution in [3.05, 3.63) is 54.1 Å². The van der Waals surface area contributed by atoms with Gasteiger partial charge in [-0.2, -0.15) is 9.78 Å². The first-order valence-electron chi connectivity index (χ1n) is 8.06. The Bertz CT molecular complexity index is 1050. The van der Waals surface area contributed by atoms with Crippen molar-refractivity contribution in [1.29, 1.82) is 0 Å². The lowest BCUT2D eigenvalue weighted by atomic mass is 10.1. The van der Waals surface area contributed by atoms with Crippen molar-refractivity contribution in [3.63, 3.8) is 0 Å². The molecule has 1 aromatic heterocycles. The fraction of sp³-hybridized carbons (Fsp3) is 0.111. The van der Waals surface area contributed by atoms with Crippen molar-refractivity contribution >= 4 is 41.5 Å². The molecule has 0 bridgehead atoms. The summed E-state index contributed by atoms with van der Waals surface area (Å²) >= 11 is 1.59. The van der Waals surface area contributed by atoms with Gasteiger partial charge in [-0.1, -0.05) is 42.1 Å². The summed E-state index contributed by atoms with van der Waals surface area (Å²) in [7, 11) is 0. The third-order valence-electron chi connectivity index (χ3n) is 4.15. The Morgan fingerprint density at radius 3 is 2.78 bits per heavy atom. The number of fused-ring (bicyclic) bond motifs is 2. The minimum absolute atomic E-state index is 0. The number of ether oxygens (including phenoxy) is 1. The second-order valence-corrected chi connectivity index (χ2v) is 6.81. The molecule has 0 radical (unpaired) electrons. The van der Waals surface area contributed by atoms with Gasteiger partial charge < -0.3 is 10.1 Å². The van der Waals surface area contributed by atoms with Crippen molar-refractivity contribution < 1.29 is 9.53 Å². The van der Waals surface area contributed by atoms with Gasteiger partial charge in [0, 0.05) is 16.9 Å². The zero-order valence-electron chi connectivity index (χ0n) is 14.0. The molecule has 2 aliphatic heterocycles. The average Bonchev–Trinajstić information content (AvgIpc) is 3.11. The molecule has 2 aliphatic rings. The topological polar surface area (TPSA) is 81.4 Å². The zero-order chi connectivity index (χ0) is 17.5. The first-order chi connectivity index (χ1) is 12.8. The van der Waals surface area contributed by atoms with Crippen molar-refractivity contribution in [3.8, 4) is 17.1 Å².